The van der Waals surface area contributed by atoms with E-state index in [1.54, 1.807) is 36.4 Å². The highest BCUT2D eigenvalue weighted by Gasteiger charge is 2.48. The fourth-order valence-corrected chi connectivity index (χ4v) is 4.48. The zero-order chi connectivity index (χ0) is 25.1. The van der Waals surface area contributed by atoms with Crippen LogP contribution in [0.5, 0.6) is 11.5 Å². The van der Waals surface area contributed by atoms with Crippen molar-refractivity contribution in [3.63, 3.8) is 0 Å². The van der Waals surface area contributed by atoms with Crippen LogP contribution in [-0.2, 0) is 9.59 Å². The number of anilines is 1. The highest BCUT2D eigenvalue weighted by atomic mass is 16.5. The van der Waals surface area contributed by atoms with Crippen LogP contribution in [0.4, 0.5) is 5.69 Å². The zero-order valence-electron chi connectivity index (χ0n) is 20.4. The molecule has 1 fully saturated rings. The standard InChI is InChI=1S/C29H29NO5/c1-5-13-35-22-10-8-9-20(17-22)27(31)25-26(23-11-6-7-12-24(23)34-4)30(29(33)28(25)32)21-15-18(2)14-19(3)16-21/h6-12,14-17,26,31H,5,13H2,1-4H3/b27-25+. The second-order valence-electron chi connectivity index (χ2n) is 8.63. The van der Waals surface area contributed by atoms with E-state index in [2.05, 4.69) is 0 Å². The largest absolute Gasteiger partial charge is 0.507 e. The molecule has 0 bridgehead atoms. The van der Waals surface area contributed by atoms with Crippen molar-refractivity contribution in [1.29, 1.82) is 0 Å². The number of nitrogens with zero attached hydrogens (tertiary/aromatic N) is 1. The maximum absolute atomic E-state index is 13.4. The molecule has 4 rings (SSSR count). The third kappa shape index (κ3) is 4.64. The van der Waals surface area contributed by atoms with Gasteiger partial charge in [-0.2, -0.15) is 0 Å². The minimum absolute atomic E-state index is 0.00583. The number of carbonyl (C=O) groups is 2. The molecule has 1 atom stereocenters. The van der Waals surface area contributed by atoms with Crippen molar-refractivity contribution >= 4 is 23.1 Å². The molecule has 1 aliphatic rings. The number of carbonyl (C=O) groups excluding carboxylic acids is 2. The van der Waals surface area contributed by atoms with Gasteiger partial charge in [-0.15, -0.1) is 0 Å². The van der Waals surface area contributed by atoms with Gasteiger partial charge < -0.3 is 14.6 Å². The molecule has 6 heteroatoms. The Labute approximate surface area is 205 Å². The van der Waals surface area contributed by atoms with Crippen LogP contribution in [-0.4, -0.2) is 30.5 Å². The predicted octanol–water partition coefficient (Wildman–Crippen LogP) is 5.73. The lowest BCUT2D eigenvalue weighted by molar-refractivity contribution is -0.132. The quantitative estimate of drug-likeness (QED) is 0.271. The molecule has 1 unspecified atom stereocenters. The van der Waals surface area contributed by atoms with Gasteiger partial charge in [0.15, 0.2) is 0 Å². The molecule has 3 aromatic carbocycles. The van der Waals surface area contributed by atoms with Crippen molar-refractivity contribution in [2.24, 2.45) is 0 Å². The Morgan fingerprint density at radius 3 is 2.37 bits per heavy atom. The predicted molar refractivity (Wildman–Crippen MR) is 136 cm³/mol. The molecule has 1 aliphatic heterocycles. The second kappa shape index (κ2) is 10.1. The number of aliphatic hydroxyl groups excluding tert-OH is 1. The Morgan fingerprint density at radius 1 is 0.971 bits per heavy atom. The summed E-state index contributed by atoms with van der Waals surface area (Å²) in [6, 6.07) is 19.0. The summed E-state index contributed by atoms with van der Waals surface area (Å²) in [7, 11) is 1.54. The lowest BCUT2D eigenvalue weighted by atomic mass is 9.94. The first-order valence-electron chi connectivity index (χ1n) is 11.6. The van der Waals surface area contributed by atoms with Gasteiger partial charge in [0.05, 0.1) is 25.3 Å². The number of aryl methyl sites for hydroxylation is 2. The minimum atomic E-state index is -0.868. The Hall–Kier alpha value is -4.06. The van der Waals surface area contributed by atoms with E-state index in [9.17, 15) is 14.7 Å². The second-order valence-corrected chi connectivity index (χ2v) is 8.63. The van der Waals surface area contributed by atoms with Gasteiger partial charge in [-0.25, -0.2) is 0 Å². The summed E-state index contributed by atoms with van der Waals surface area (Å²) < 4.78 is 11.3. The van der Waals surface area contributed by atoms with Gasteiger partial charge in [0, 0.05) is 16.8 Å². The first kappa shape index (κ1) is 24.1. The molecule has 1 amide bonds. The van der Waals surface area contributed by atoms with E-state index < -0.39 is 17.7 Å². The van der Waals surface area contributed by atoms with E-state index >= 15 is 0 Å². The summed E-state index contributed by atoms with van der Waals surface area (Å²) in [6.45, 7) is 6.41. The van der Waals surface area contributed by atoms with Crippen LogP contribution < -0.4 is 14.4 Å². The Kier molecular flexibility index (Phi) is 6.92. The molecule has 180 valence electrons. The molecule has 0 aliphatic carbocycles. The van der Waals surface area contributed by atoms with Gasteiger partial charge in [0.2, 0.25) is 0 Å². The molecule has 0 spiro atoms. The van der Waals surface area contributed by atoms with Gasteiger partial charge in [-0.3, -0.25) is 14.5 Å². The molecule has 0 radical (unpaired) electrons. The van der Waals surface area contributed by atoms with Crippen molar-refractivity contribution in [1.82, 2.24) is 0 Å². The molecule has 6 nitrogen and oxygen atoms in total. The van der Waals surface area contributed by atoms with Crippen molar-refractivity contribution < 1.29 is 24.2 Å². The Bertz CT molecular complexity index is 1290. The number of ketones is 1. The average molecular weight is 472 g/mol. The van der Waals surface area contributed by atoms with Crippen LogP contribution in [0, 0.1) is 13.8 Å². The SMILES string of the molecule is CCCOc1cccc(/C(O)=C2\C(=O)C(=O)N(c3cc(C)cc(C)c3)C2c2ccccc2OC)c1. The van der Waals surface area contributed by atoms with Crippen LogP contribution >= 0.6 is 0 Å². The number of hydrogen-bond acceptors (Lipinski definition) is 5. The van der Waals surface area contributed by atoms with E-state index in [-0.39, 0.29) is 11.3 Å². The molecule has 35 heavy (non-hydrogen) atoms. The van der Waals surface area contributed by atoms with Gasteiger partial charge in [0.1, 0.15) is 17.3 Å². The zero-order valence-corrected chi connectivity index (χ0v) is 20.4. The molecule has 3 aromatic rings. The summed E-state index contributed by atoms with van der Waals surface area (Å²) in [5.41, 5.74) is 3.51. The number of benzene rings is 3. The normalized spacial score (nSPS) is 17.0. The number of ether oxygens (including phenoxy) is 2. The van der Waals surface area contributed by atoms with Crippen LogP contribution in [0.2, 0.25) is 0 Å². The molecule has 0 aromatic heterocycles. The number of methoxy groups -OCH3 is 1. The molecule has 1 saturated heterocycles. The fraction of sp³-hybridized carbons (Fsp3) is 0.241. The maximum Gasteiger partial charge on any atom is 0.300 e. The maximum atomic E-state index is 13.4. The number of rotatable bonds is 7. The molecule has 1 heterocycles. The molecular weight excluding hydrogens is 442 g/mol. The first-order valence-corrected chi connectivity index (χ1v) is 11.6. The number of Topliss-reactive ketones (excluding diaryl/α,β-unsaturated/α-hetero) is 1. The van der Waals surface area contributed by atoms with Gasteiger partial charge in [0.25, 0.3) is 11.7 Å². The van der Waals surface area contributed by atoms with Crippen molar-refractivity contribution in [2.45, 2.75) is 33.2 Å². The topological polar surface area (TPSA) is 76.1 Å². The van der Waals surface area contributed by atoms with Crippen LogP contribution in [0.1, 0.15) is 41.6 Å². The van der Waals surface area contributed by atoms with Crippen molar-refractivity contribution in [3.8, 4) is 11.5 Å². The van der Waals surface area contributed by atoms with Crippen LogP contribution in [0.25, 0.3) is 5.76 Å². The van der Waals surface area contributed by atoms with E-state index in [0.29, 0.717) is 34.9 Å². The number of aliphatic hydroxyl groups is 1. The third-order valence-electron chi connectivity index (χ3n) is 5.94. The van der Waals surface area contributed by atoms with E-state index in [1.807, 2.05) is 51.1 Å². The number of hydrogen-bond donors (Lipinski definition) is 1. The van der Waals surface area contributed by atoms with Crippen LogP contribution in [0.15, 0.2) is 72.3 Å². The van der Waals surface area contributed by atoms with E-state index in [4.69, 9.17) is 9.47 Å². The highest BCUT2D eigenvalue weighted by Crippen LogP contribution is 2.45. The minimum Gasteiger partial charge on any atom is -0.507 e. The average Bonchev–Trinajstić information content (AvgIpc) is 3.12. The summed E-state index contributed by atoms with van der Waals surface area (Å²) in [6.07, 6.45) is 0.838. The summed E-state index contributed by atoms with van der Waals surface area (Å²) in [5, 5.41) is 11.4. The van der Waals surface area contributed by atoms with E-state index in [1.165, 1.54) is 12.0 Å². The lowest BCUT2D eigenvalue weighted by Gasteiger charge is -2.27. The molecular formula is C29H29NO5. The van der Waals surface area contributed by atoms with Crippen LogP contribution in [0.3, 0.4) is 0 Å². The van der Waals surface area contributed by atoms with Gasteiger partial charge in [-0.1, -0.05) is 43.3 Å². The molecule has 0 saturated carbocycles. The first-order chi connectivity index (χ1) is 16.8. The van der Waals surface area contributed by atoms with Gasteiger partial charge in [-0.05, 0) is 61.7 Å². The van der Waals surface area contributed by atoms with E-state index in [0.717, 1.165) is 17.5 Å². The Balaban J connectivity index is 1.95. The highest BCUT2D eigenvalue weighted by molar-refractivity contribution is 6.51. The Morgan fingerprint density at radius 2 is 1.69 bits per heavy atom. The van der Waals surface area contributed by atoms with Crippen molar-refractivity contribution in [2.75, 3.05) is 18.6 Å². The fourth-order valence-electron chi connectivity index (χ4n) is 4.48. The summed E-state index contributed by atoms with van der Waals surface area (Å²) in [4.78, 5) is 28.3. The van der Waals surface area contributed by atoms with Crippen molar-refractivity contribution in [3.05, 3.63) is 94.6 Å². The summed E-state index contributed by atoms with van der Waals surface area (Å²) >= 11 is 0. The molecule has 1 N–H and O–H groups in total. The summed E-state index contributed by atoms with van der Waals surface area (Å²) in [5.74, 6) is -0.621. The van der Waals surface area contributed by atoms with Gasteiger partial charge >= 0.3 is 0 Å². The lowest BCUT2D eigenvalue weighted by Crippen LogP contribution is -2.29. The smallest absolute Gasteiger partial charge is 0.300 e. The number of amides is 1. The monoisotopic (exact) mass is 471 g/mol. The third-order valence-corrected chi connectivity index (χ3v) is 5.94. The number of para-hydroxylation sites is 1.